The molecule has 0 atom stereocenters. The molecule has 18 rings (SSSR count). The molecule has 0 fully saturated rings. The number of phenolic OH excluding ortho intramolecular Hbond substituents is 18. The molecule has 0 aliphatic heterocycles. The fourth-order valence-electron chi connectivity index (χ4n) is 13.8. The highest BCUT2D eigenvalue weighted by Gasteiger charge is 2.29. The Balaban J connectivity index is 0.000000140. The molecule has 138 heavy (non-hydrogen) atoms. The number of hydrogen-bond donors (Lipinski definition) is 24. The summed E-state index contributed by atoms with van der Waals surface area (Å²) < 4.78 is 63.7. The Morgan fingerprint density at radius 2 is 0.420 bits per heavy atom. The van der Waals surface area contributed by atoms with E-state index in [9.17, 15) is 151 Å². The van der Waals surface area contributed by atoms with Gasteiger partial charge in [0.2, 0.25) is 72.8 Å². The Hall–Kier alpha value is -20.1. The van der Waals surface area contributed by atoms with Crippen LogP contribution < -0.4 is 61.0 Å². The van der Waals surface area contributed by atoms with Crippen LogP contribution in [0.25, 0.3) is 134 Å². The Labute approximate surface area is 766 Å². The summed E-state index contributed by atoms with van der Waals surface area (Å²) in [6, 6.07) is 38.1. The largest absolute Gasteiger partial charge is 0.508 e. The van der Waals surface area contributed by atoms with Crippen molar-refractivity contribution >= 4 is 65.8 Å². The van der Waals surface area contributed by atoms with Crippen molar-refractivity contribution in [2.24, 2.45) is 0 Å². The van der Waals surface area contributed by atoms with Gasteiger partial charge in [-0.1, -0.05) is 0 Å². The third-order valence-electron chi connectivity index (χ3n) is 20.2. The molecule has 42 heteroatoms. The molecule has 708 valence electrons. The standard InChI is InChI=1S/C18H16O8.C17H14O7.C16H12O6.C15H10O8.C15H10O7.C15H10O6/c1-23-12-4-8(5-13(24-2)18(12)25-3)17-16(22)15(21)14-10(20)6-9(19)7-11(14)26-17;1-22-11-4-3-8(5-12(11)23-2)17-16(21)15(20)14-10(19)6-9(18)7-13(14)24-17;1-21-10-4-2-8(3-5-10)16-15(20)14(19)13-11(18)6-9(17)7-12(13)22-16;16-6-3-7(17)11-10(4-6)23-15(14(22)13(11)21)5-1-8(18)12(20)9(19)2-5;16-7-4-10(19)12-11(5-7)22-15(14(21)13(12)20)6-1-2-8(17)9(18)3-6;16-8-3-1-7(2-4-8)15-14(20)13(19)12-10(18)5-9(17)6-11(12)21-15/h4-7,19-20,22H,1-3H3;3-7,18-19,21H,1-2H3;2-7,17-18,20H,1H3;1-4,16-20,22H;1-5,16-19,21H;1-6,16-18,20H. The number of fused-ring (bicyclic) bond motifs is 6. The lowest BCUT2D eigenvalue weighted by Crippen LogP contribution is -2.03. The maximum atomic E-state index is 12.4. The van der Waals surface area contributed by atoms with Crippen molar-refractivity contribution in [2.75, 3.05) is 42.7 Å². The van der Waals surface area contributed by atoms with Gasteiger partial charge in [-0.05, 0) is 109 Å². The first-order valence-electron chi connectivity index (χ1n) is 39.1. The SMILES string of the molecule is COc1cc(-c2oc3cc(O)cc(O)c3c(=O)c2O)cc(OC)c1OC.COc1ccc(-c2oc3cc(O)cc(O)c3c(=O)c2O)cc1.COc1ccc(-c2oc3cc(O)cc(O)c3c(=O)c2O)cc1OC.O=c1c(O)c(-c2cc(O)c(O)c(O)c2)oc2cc(O)cc(O)c12.O=c1c(O)c(-c2ccc(O)c(O)c2)oc2cc(O)cc(O)c12.O=c1c(O)c(-c2ccc(O)cc2)oc2cc(O)cc(O)c12. The number of ether oxygens (including phenoxy) is 6. The molecule has 42 nitrogen and oxygen atoms in total. The van der Waals surface area contributed by atoms with Gasteiger partial charge in [-0.2, -0.15) is 0 Å². The average molecular weight is 1900 g/mol. The number of rotatable bonds is 12. The van der Waals surface area contributed by atoms with Crippen molar-refractivity contribution in [1.82, 2.24) is 0 Å². The van der Waals surface area contributed by atoms with Crippen molar-refractivity contribution in [1.29, 1.82) is 0 Å². The summed E-state index contributed by atoms with van der Waals surface area (Å²) in [6.45, 7) is 0. The monoisotopic (exact) mass is 1900 g/mol. The van der Waals surface area contributed by atoms with Crippen LogP contribution in [0.3, 0.4) is 0 Å². The second-order valence-corrected chi connectivity index (χ2v) is 29.0. The van der Waals surface area contributed by atoms with E-state index < -0.39 is 130 Å². The zero-order valence-electron chi connectivity index (χ0n) is 71.4. The van der Waals surface area contributed by atoms with Crippen molar-refractivity contribution < 1.29 is 177 Å². The van der Waals surface area contributed by atoms with Gasteiger partial charge in [0.05, 0.1) is 42.7 Å². The van der Waals surface area contributed by atoms with Crippen LogP contribution in [0.2, 0.25) is 0 Å². The quantitative estimate of drug-likeness (QED) is 0.0505. The summed E-state index contributed by atoms with van der Waals surface area (Å²) in [5.74, 6) is -10.8. The molecule has 0 unspecified atom stereocenters. The molecule has 18 aromatic rings. The first-order valence-corrected chi connectivity index (χ1v) is 39.1. The molecular formula is C96H72O42. The first-order chi connectivity index (χ1) is 65.5. The van der Waals surface area contributed by atoms with Gasteiger partial charge in [-0.15, -0.1) is 0 Å². The van der Waals surface area contributed by atoms with Crippen LogP contribution in [0.5, 0.6) is 172 Å². The zero-order valence-corrected chi connectivity index (χ0v) is 71.4. The molecular weight excluding hydrogens is 1830 g/mol. The maximum Gasteiger partial charge on any atom is 0.238 e. The van der Waals surface area contributed by atoms with E-state index in [1.165, 1.54) is 109 Å². The van der Waals surface area contributed by atoms with Gasteiger partial charge in [-0.25, -0.2) is 0 Å². The Morgan fingerprint density at radius 1 is 0.181 bits per heavy atom. The second kappa shape index (κ2) is 38.5. The van der Waals surface area contributed by atoms with Crippen LogP contribution >= 0.6 is 0 Å². The molecule has 0 saturated heterocycles. The van der Waals surface area contributed by atoms with Crippen LogP contribution in [0.4, 0.5) is 0 Å². The molecule has 0 bridgehead atoms. The van der Waals surface area contributed by atoms with Gasteiger partial charge in [-0.3, -0.25) is 28.8 Å². The molecule has 0 saturated carbocycles. The number of methoxy groups -OCH3 is 6. The van der Waals surface area contributed by atoms with Gasteiger partial charge in [0.25, 0.3) is 0 Å². The highest BCUT2D eigenvalue weighted by atomic mass is 16.5. The molecule has 0 aliphatic rings. The maximum absolute atomic E-state index is 12.4. The Kier molecular flexibility index (Phi) is 26.7. The van der Waals surface area contributed by atoms with E-state index in [1.807, 2.05) is 0 Å². The lowest BCUT2D eigenvalue weighted by Gasteiger charge is -2.14. The third kappa shape index (κ3) is 18.7. The van der Waals surface area contributed by atoms with E-state index in [0.717, 1.165) is 78.9 Å². The van der Waals surface area contributed by atoms with Gasteiger partial charge in [0.1, 0.15) is 146 Å². The van der Waals surface area contributed by atoms with Gasteiger partial charge >= 0.3 is 0 Å². The van der Waals surface area contributed by atoms with E-state index in [-0.39, 0.29) is 157 Å². The lowest BCUT2D eigenvalue weighted by atomic mass is 10.1. The third-order valence-corrected chi connectivity index (χ3v) is 20.2. The van der Waals surface area contributed by atoms with Gasteiger partial charge in [0, 0.05) is 106 Å². The van der Waals surface area contributed by atoms with Crippen LogP contribution in [-0.2, 0) is 0 Å². The predicted molar refractivity (Wildman–Crippen MR) is 487 cm³/mol. The first kappa shape index (κ1) is 95.5. The molecule has 6 aromatic heterocycles. The van der Waals surface area contributed by atoms with E-state index in [4.69, 9.17) is 54.9 Å². The van der Waals surface area contributed by atoms with Crippen LogP contribution in [0.1, 0.15) is 0 Å². The minimum absolute atomic E-state index is 0.0221. The second-order valence-electron chi connectivity index (χ2n) is 29.0. The molecule has 0 spiro atoms. The number of aromatic hydroxyl groups is 24. The number of phenols is 18. The molecule has 24 N–H and O–H groups in total. The fraction of sp³-hybridized carbons (Fsp3) is 0.0625. The van der Waals surface area contributed by atoms with E-state index in [0.29, 0.717) is 51.2 Å². The van der Waals surface area contributed by atoms with Crippen LogP contribution in [0.15, 0.2) is 237 Å². The number of benzene rings is 12. The summed E-state index contributed by atoms with van der Waals surface area (Å²) in [7, 11) is 8.75. The summed E-state index contributed by atoms with van der Waals surface area (Å²) in [4.78, 5) is 73.4. The summed E-state index contributed by atoms with van der Waals surface area (Å²) in [5, 5.41) is 231. The van der Waals surface area contributed by atoms with E-state index in [1.54, 1.807) is 36.4 Å². The summed E-state index contributed by atoms with van der Waals surface area (Å²) in [6.07, 6.45) is 0. The molecule has 12 aromatic carbocycles. The fourth-order valence-corrected chi connectivity index (χ4v) is 13.8. The summed E-state index contributed by atoms with van der Waals surface area (Å²) in [5.41, 5.74) is -4.15. The van der Waals surface area contributed by atoms with Crippen molar-refractivity contribution in [3.8, 4) is 240 Å². The Morgan fingerprint density at radius 3 is 0.696 bits per heavy atom. The smallest absolute Gasteiger partial charge is 0.238 e. The van der Waals surface area contributed by atoms with E-state index >= 15 is 0 Å². The van der Waals surface area contributed by atoms with Gasteiger partial charge < -0.3 is 177 Å². The minimum Gasteiger partial charge on any atom is -0.508 e. The molecule has 0 radical (unpaired) electrons. The van der Waals surface area contributed by atoms with Gasteiger partial charge in [0.15, 0.2) is 86.3 Å². The number of hydrogen-bond acceptors (Lipinski definition) is 42. The summed E-state index contributed by atoms with van der Waals surface area (Å²) >= 11 is 0. The lowest BCUT2D eigenvalue weighted by molar-refractivity contribution is 0.324. The van der Waals surface area contributed by atoms with Crippen LogP contribution in [-0.4, -0.2) is 165 Å². The zero-order chi connectivity index (χ0) is 100. The van der Waals surface area contributed by atoms with Crippen molar-refractivity contribution in [3.05, 3.63) is 243 Å². The van der Waals surface area contributed by atoms with Crippen molar-refractivity contribution in [3.63, 3.8) is 0 Å². The molecule has 0 amide bonds. The topological polar surface area (TPSA) is 722 Å². The average Bonchev–Trinajstić information content (AvgIpc) is 0.788. The van der Waals surface area contributed by atoms with E-state index in [2.05, 4.69) is 0 Å². The molecule has 0 aliphatic carbocycles. The highest BCUT2D eigenvalue weighted by Crippen LogP contribution is 2.48. The minimum atomic E-state index is -0.967. The highest BCUT2D eigenvalue weighted by molar-refractivity contribution is 5.94. The predicted octanol–water partition coefficient (Wildman–Crippen LogP) is 13.7. The van der Waals surface area contributed by atoms with Crippen molar-refractivity contribution in [2.45, 2.75) is 0 Å². The Bertz CT molecular complexity index is 8240. The molecule has 6 heterocycles. The van der Waals surface area contributed by atoms with Crippen LogP contribution in [0, 0.1) is 0 Å². The normalized spacial score (nSPS) is 10.8.